The summed E-state index contributed by atoms with van der Waals surface area (Å²) in [6, 6.07) is 1.68. The molecule has 0 aliphatic heterocycles. The quantitative estimate of drug-likeness (QED) is 0.838. The van der Waals surface area contributed by atoms with E-state index in [9.17, 15) is 0 Å². The van der Waals surface area contributed by atoms with E-state index in [2.05, 4.69) is 10.2 Å². The monoisotopic (exact) mass is 252 g/mol. The maximum Gasteiger partial charge on any atom is 0.165 e. The summed E-state index contributed by atoms with van der Waals surface area (Å²) in [5.41, 5.74) is 0. The Bertz CT molecular complexity index is 311. The van der Waals surface area contributed by atoms with Gasteiger partial charge in [-0.2, -0.15) is 0 Å². The first kappa shape index (κ1) is 12.0. The van der Waals surface area contributed by atoms with Crippen molar-refractivity contribution < 1.29 is 5.11 Å². The SMILES string of the molecule is CC(CCO)Sc1cc(Cl)nnc1Cl. The molecule has 1 aromatic rings. The summed E-state index contributed by atoms with van der Waals surface area (Å²) < 4.78 is 0. The minimum atomic E-state index is 0.165. The van der Waals surface area contributed by atoms with Crippen LogP contribution < -0.4 is 0 Å². The Morgan fingerprint density at radius 1 is 1.50 bits per heavy atom. The molecule has 1 rings (SSSR count). The van der Waals surface area contributed by atoms with Gasteiger partial charge in [0.2, 0.25) is 0 Å². The molecule has 1 heterocycles. The third-order valence-electron chi connectivity index (χ3n) is 1.55. The summed E-state index contributed by atoms with van der Waals surface area (Å²) in [6.07, 6.45) is 0.709. The van der Waals surface area contributed by atoms with E-state index in [-0.39, 0.29) is 11.9 Å². The smallest absolute Gasteiger partial charge is 0.165 e. The van der Waals surface area contributed by atoms with Crippen molar-refractivity contribution in [2.75, 3.05) is 6.61 Å². The summed E-state index contributed by atoms with van der Waals surface area (Å²) in [5, 5.41) is 17.0. The molecule has 1 atom stereocenters. The highest BCUT2D eigenvalue weighted by Crippen LogP contribution is 2.30. The average molecular weight is 253 g/mol. The molecule has 0 saturated heterocycles. The maximum atomic E-state index is 8.74. The van der Waals surface area contributed by atoms with Crippen LogP contribution in [-0.2, 0) is 0 Å². The van der Waals surface area contributed by atoms with Crippen molar-refractivity contribution in [3.63, 3.8) is 0 Å². The third kappa shape index (κ3) is 3.61. The van der Waals surface area contributed by atoms with Crippen LogP contribution in [0.4, 0.5) is 0 Å². The Morgan fingerprint density at radius 3 is 2.86 bits per heavy atom. The summed E-state index contributed by atoms with van der Waals surface area (Å²) in [6.45, 7) is 2.17. The van der Waals surface area contributed by atoms with Gasteiger partial charge in [-0.25, -0.2) is 0 Å². The molecule has 1 unspecified atom stereocenters. The predicted molar refractivity (Wildman–Crippen MR) is 59.1 cm³/mol. The molecular formula is C8H10Cl2N2OS. The molecule has 0 spiro atoms. The van der Waals surface area contributed by atoms with Gasteiger partial charge in [0.1, 0.15) is 0 Å². The van der Waals surface area contributed by atoms with Gasteiger partial charge in [-0.05, 0) is 12.5 Å². The van der Waals surface area contributed by atoms with Crippen molar-refractivity contribution in [3.05, 3.63) is 16.4 Å². The maximum absolute atomic E-state index is 8.74. The van der Waals surface area contributed by atoms with E-state index in [4.69, 9.17) is 28.3 Å². The minimum Gasteiger partial charge on any atom is -0.396 e. The molecule has 0 bridgehead atoms. The van der Waals surface area contributed by atoms with Crippen LogP contribution in [-0.4, -0.2) is 27.2 Å². The van der Waals surface area contributed by atoms with Crippen LogP contribution in [0.15, 0.2) is 11.0 Å². The van der Waals surface area contributed by atoms with Crippen LogP contribution in [0.3, 0.4) is 0 Å². The van der Waals surface area contributed by atoms with Crippen molar-refractivity contribution in [1.29, 1.82) is 0 Å². The second-order valence-corrected chi connectivity index (χ2v) is 4.99. The van der Waals surface area contributed by atoms with E-state index >= 15 is 0 Å². The van der Waals surface area contributed by atoms with Gasteiger partial charge in [-0.3, -0.25) is 0 Å². The Labute approximate surface area is 96.8 Å². The first-order chi connectivity index (χ1) is 6.63. The zero-order chi connectivity index (χ0) is 10.6. The van der Waals surface area contributed by atoms with E-state index in [1.807, 2.05) is 6.92 Å². The van der Waals surface area contributed by atoms with Crippen LogP contribution in [0.1, 0.15) is 13.3 Å². The minimum absolute atomic E-state index is 0.165. The Hall–Kier alpha value is -0.0300. The van der Waals surface area contributed by atoms with Crippen LogP contribution in [0, 0.1) is 0 Å². The first-order valence-electron chi connectivity index (χ1n) is 4.09. The number of aromatic nitrogens is 2. The van der Waals surface area contributed by atoms with Crippen LogP contribution in [0.2, 0.25) is 10.3 Å². The molecule has 0 fully saturated rings. The van der Waals surface area contributed by atoms with Crippen LogP contribution in [0.25, 0.3) is 0 Å². The highest BCUT2D eigenvalue weighted by molar-refractivity contribution is 8.00. The molecule has 0 amide bonds. The predicted octanol–water partition coefficient (Wildman–Crippen LogP) is 2.65. The number of nitrogens with zero attached hydrogens (tertiary/aromatic N) is 2. The summed E-state index contributed by atoms with van der Waals surface area (Å²) in [5.74, 6) is 0. The number of thioether (sulfide) groups is 1. The fourth-order valence-electron chi connectivity index (χ4n) is 0.878. The van der Waals surface area contributed by atoms with Crippen molar-refractivity contribution in [2.45, 2.75) is 23.5 Å². The van der Waals surface area contributed by atoms with E-state index in [1.165, 1.54) is 11.8 Å². The van der Waals surface area contributed by atoms with Gasteiger partial charge in [0, 0.05) is 16.8 Å². The second kappa shape index (κ2) is 5.75. The van der Waals surface area contributed by atoms with Gasteiger partial charge in [0.25, 0.3) is 0 Å². The van der Waals surface area contributed by atoms with E-state index in [1.54, 1.807) is 6.07 Å². The molecule has 6 heteroatoms. The van der Waals surface area contributed by atoms with Crippen LogP contribution >= 0.6 is 35.0 Å². The molecular weight excluding hydrogens is 243 g/mol. The van der Waals surface area contributed by atoms with Crippen LogP contribution in [0.5, 0.6) is 0 Å². The van der Waals surface area contributed by atoms with Gasteiger partial charge in [0.15, 0.2) is 10.3 Å². The van der Waals surface area contributed by atoms with E-state index in [0.29, 0.717) is 16.7 Å². The normalized spacial score (nSPS) is 12.9. The number of aliphatic hydroxyl groups is 1. The lowest BCUT2D eigenvalue weighted by atomic mass is 10.3. The lowest BCUT2D eigenvalue weighted by molar-refractivity contribution is 0.289. The number of aliphatic hydroxyl groups excluding tert-OH is 1. The Kier molecular flexibility index (Phi) is 4.95. The van der Waals surface area contributed by atoms with Gasteiger partial charge < -0.3 is 5.11 Å². The zero-order valence-electron chi connectivity index (χ0n) is 7.57. The molecule has 1 aromatic heterocycles. The zero-order valence-corrected chi connectivity index (χ0v) is 9.90. The highest BCUT2D eigenvalue weighted by atomic mass is 35.5. The summed E-state index contributed by atoms with van der Waals surface area (Å²) in [7, 11) is 0. The van der Waals surface area contributed by atoms with Crippen molar-refractivity contribution in [2.24, 2.45) is 0 Å². The van der Waals surface area contributed by atoms with Gasteiger partial charge in [-0.1, -0.05) is 30.1 Å². The van der Waals surface area contributed by atoms with E-state index < -0.39 is 0 Å². The Balaban J connectivity index is 2.70. The standard InChI is InChI=1S/C8H10Cl2N2OS/c1-5(2-3-13)14-6-4-7(9)11-12-8(6)10/h4-5,13H,2-3H2,1H3. The van der Waals surface area contributed by atoms with Crippen molar-refractivity contribution >= 4 is 35.0 Å². The number of hydrogen-bond donors (Lipinski definition) is 1. The molecule has 78 valence electrons. The molecule has 0 aliphatic rings. The fourth-order valence-corrected chi connectivity index (χ4v) is 2.29. The van der Waals surface area contributed by atoms with E-state index in [0.717, 1.165) is 4.90 Å². The fraction of sp³-hybridized carbons (Fsp3) is 0.500. The lowest BCUT2D eigenvalue weighted by Gasteiger charge is -2.09. The first-order valence-corrected chi connectivity index (χ1v) is 5.73. The highest BCUT2D eigenvalue weighted by Gasteiger charge is 2.09. The number of hydrogen-bond acceptors (Lipinski definition) is 4. The molecule has 14 heavy (non-hydrogen) atoms. The molecule has 0 saturated carbocycles. The van der Waals surface area contributed by atoms with Gasteiger partial charge in [0.05, 0.1) is 0 Å². The molecule has 1 N–H and O–H groups in total. The van der Waals surface area contributed by atoms with Gasteiger partial charge >= 0.3 is 0 Å². The van der Waals surface area contributed by atoms with Crippen molar-refractivity contribution in [3.8, 4) is 0 Å². The second-order valence-electron chi connectivity index (χ2n) is 2.76. The molecule has 0 aliphatic carbocycles. The average Bonchev–Trinajstić information content (AvgIpc) is 2.12. The van der Waals surface area contributed by atoms with Gasteiger partial charge in [-0.15, -0.1) is 22.0 Å². The molecule has 3 nitrogen and oxygen atoms in total. The Morgan fingerprint density at radius 2 is 2.21 bits per heavy atom. The van der Waals surface area contributed by atoms with Crippen molar-refractivity contribution in [1.82, 2.24) is 10.2 Å². The topological polar surface area (TPSA) is 46.0 Å². The molecule has 0 aromatic carbocycles. The number of rotatable bonds is 4. The third-order valence-corrected chi connectivity index (χ3v) is 3.33. The lowest BCUT2D eigenvalue weighted by Crippen LogP contribution is -1.99. The molecule has 0 radical (unpaired) electrons. The summed E-state index contributed by atoms with van der Waals surface area (Å²) >= 11 is 13.0. The largest absolute Gasteiger partial charge is 0.396 e. The summed E-state index contributed by atoms with van der Waals surface area (Å²) in [4.78, 5) is 0.799. The number of halogens is 2.